The molecule has 4 heteroatoms. The van der Waals surface area contributed by atoms with Crippen LogP contribution in [-0.2, 0) is 11.2 Å². The lowest BCUT2D eigenvalue weighted by Crippen LogP contribution is -2.52. The summed E-state index contributed by atoms with van der Waals surface area (Å²) in [6.07, 6.45) is 0.909. The summed E-state index contributed by atoms with van der Waals surface area (Å²) in [5.41, 5.74) is -0.0339. The zero-order valence-electron chi connectivity index (χ0n) is 10.6. The highest BCUT2D eigenvalue weighted by atomic mass is 16.5. The van der Waals surface area contributed by atoms with E-state index in [1.807, 2.05) is 19.1 Å². The van der Waals surface area contributed by atoms with Crippen molar-refractivity contribution in [3.8, 4) is 0 Å². The van der Waals surface area contributed by atoms with Gasteiger partial charge in [-0.05, 0) is 26.1 Å². The molecule has 1 N–H and O–H groups in total. The Bertz CT molecular complexity index is 352. The molecule has 2 rings (SSSR count). The second kappa shape index (κ2) is 5.21. The predicted octanol–water partition coefficient (Wildman–Crippen LogP) is 1.07. The summed E-state index contributed by atoms with van der Waals surface area (Å²) in [4.78, 5) is 2.23. The van der Waals surface area contributed by atoms with E-state index < -0.39 is 0 Å². The molecule has 1 aliphatic heterocycles. The molecule has 0 bridgehead atoms. The van der Waals surface area contributed by atoms with Gasteiger partial charge in [-0.15, -0.1) is 0 Å². The van der Waals surface area contributed by atoms with Crippen molar-refractivity contribution in [1.82, 2.24) is 4.90 Å². The summed E-state index contributed by atoms with van der Waals surface area (Å²) >= 11 is 0. The van der Waals surface area contributed by atoms with Crippen LogP contribution in [0.15, 0.2) is 16.5 Å². The maximum Gasteiger partial charge on any atom is 0.105 e. The van der Waals surface area contributed by atoms with Gasteiger partial charge in [-0.25, -0.2) is 0 Å². The molecule has 1 saturated heterocycles. The lowest BCUT2D eigenvalue weighted by Gasteiger charge is -2.42. The maximum atomic E-state index is 9.35. The third kappa shape index (κ3) is 3.09. The number of aliphatic hydroxyl groups excluding tert-OH is 1. The van der Waals surface area contributed by atoms with Crippen LogP contribution in [0.1, 0.15) is 11.5 Å². The van der Waals surface area contributed by atoms with Gasteiger partial charge in [-0.2, -0.15) is 0 Å². The minimum Gasteiger partial charge on any atom is -0.466 e. The molecule has 0 aliphatic carbocycles. The minimum atomic E-state index is -0.0339. The van der Waals surface area contributed by atoms with Crippen molar-refractivity contribution < 1.29 is 14.3 Å². The van der Waals surface area contributed by atoms with E-state index in [1.54, 1.807) is 0 Å². The number of aliphatic hydroxyl groups is 1. The van der Waals surface area contributed by atoms with E-state index >= 15 is 0 Å². The van der Waals surface area contributed by atoms with Gasteiger partial charge in [0.2, 0.25) is 0 Å². The van der Waals surface area contributed by atoms with E-state index in [1.165, 1.54) is 0 Å². The van der Waals surface area contributed by atoms with Crippen LogP contribution in [0.25, 0.3) is 0 Å². The van der Waals surface area contributed by atoms with E-state index in [4.69, 9.17) is 9.15 Å². The summed E-state index contributed by atoms with van der Waals surface area (Å²) in [5.74, 6) is 1.99. The molecule has 0 aromatic carbocycles. The number of likely N-dealkylation sites (N-methyl/N-ethyl adjacent to an activating group) is 1. The number of ether oxygens (including phenoxy) is 1. The van der Waals surface area contributed by atoms with Gasteiger partial charge in [-0.1, -0.05) is 0 Å². The van der Waals surface area contributed by atoms with Gasteiger partial charge in [0.15, 0.2) is 0 Å². The molecule has 0 atom stereocenters. The van der Waals surface area contributed by atoms with Crippen LogP contribution in [0.3, 0.4) is 0 Å². The predicted molar refractivity (Wildman–Crippen MR) is 65.0 cm³/mol. The quantitative estimate of drug-likeness (QED) is 0.806. The Morgan fingerprint density at radius 3 is 2.65 bits per heavy atom. The number of hydrogen-bond donors (Lipinski definition) is 1. The Morgan fingerprint density at radius 1 is 1.41 bits per heavy atom. The first kappa shape index (κ1) is 12.6. The third-order valence-corrected chi connectivity index (χ3v) is 3.29. The molecule has 0 spiro atoms. The number of furan rings is 1. The molecule has 4 nitrogen and oxygen atoms in total. The Kier molecular flexibility index (Phi) is 3.86. The molecule has 1 aliphatic rings. The van der Waals surface area contributed by atoms with Crippen molar-refractivity contribution in [1.29, 1.82) is 0 Å². The molecular formula is C13H21NO3. The third-order valence-electron chi connectivity index (χ3n) is 3.29. The molecule has 1 fully saturated rings. The van der Waals surface area contributed by atoms with Gasteiger partial charge in [0, 0.05) is 19.5 Å². The van der Waals surface area contributed by atoms with E-state index in [-0.39, 0.29) is 12.0 Å². The van der Waals surface area contributed by atoms with Crippen LogP contribution in [0.2, 0.25) is 0 Å². The van der Waals surface area contributed by atoms with Gasteiger partial charge >= 0.3 is 0 Å². The molecule has 17 heavy (non-hydrogen) atoms. The molecular weight excluding hydrogens is 218 g/mol. The lowest BCUT2D eigenvalue weighted by atomic mass is 9.86. The van der Waals surface area contributed by atoms with E-state index in [0.29, 0.717) is 13.2 Å². The molecule has 96 valence electrons. The fraction of sp³-hybridized carbons (Fsp3) is 0.692. The second-order valence-electron chi connectivity index (χ2n) is 5.15. The molecule has 0 amide bonds. The molecule has 1 aromatic heterocycles. The monoisotopic (exact) mass is 239 g/mol. The van der Waals surface area contributed by atoms with Crippen LogP contribution >= 0.6 is 0 Å². The van der Waals surface area contributed by atoms with Crippen LogP contribution in [-0.4, -0.2) is 50.0 Å². The van der Waals surface area contributed by atoms with Gasteiger partial charge in [0.05, 0.1) is 25.2 Å². The van der Waals surface area contributed by atoms with Crippen molar-refractivity contribution in [3.63, 3.8) is 0 Å². The highest BCUT2D eigenvalue weighted by Gasteiger charge is 2.38. The molecule has 2 heterocycles. The minimum absolute atomic E-state index is 0.0339. The normalized spacial score (nSPS) is 18.4. The fourth-order valence-electron chi connectivity index (χ4n) is 2.20. The summed E-state index contributed by atoms with van der Waals surface area (Å²) in [6, 6.07) is 4.02. The van der Waals surface area contributed by atoms with Gasteiger partial charge in [0.25, 0.3) is 0 Å². The largest absolute Gasteiger partial charge is 0.466 e. The molecule has 0 saturated carbocycles. The SMILES string of the molecule is Cc1ccc(CCN(C)CC2(CO)COC2)o1. The summed E-state index contributed by atoms with van der Waals surface area (Å²) in [5, 5.41) is 9.35. The Morgan fingerprint density at radius 2 is 2.18 bits per heavy atom. The first-order chi connectivity index (χ1) is 8.13. The summed E-state index contributed by atoms with van der Waals surface area (Å²) < 4.78 is 10.7. The van der Waals surface area contributed by atoms with E-state index in [9.17, 15) is 5.11 Å². The van der Waals surface area contributed by atoms with Crippen LogP contribution in [0, 0.1) is 12.3 Å². The lowest BCUT2D eigenvalue weighted by molar-refractivity contribution is -0.146. The van der Waals surface area contributed by atoms with Crippen molar-refractivity contribution in [3.05, 3.63) is 23.7 Å². The number of aryl methyl sites for hydroxylation is 1. The smallest absolute Gasteiger partial charge is 0.105 e. The first-order valence-corrected chi connectivity index (χ1v) is 6.06. The van der Waals surface area contributed by atoms with Crippen molar-refractivity contribution in [2.45, 2.75) is 13.3 Å². The topological polar surface area (TPSA) is 45.8 Å². The van der Waals surface area contributed by atoms with E-state index in [2.05, 4.69) is 11.9 Å². The molecule has 0 unspecified atom stereocenters. The standard InChI is InChI=1S/C13H21NO3/c1-11-3-4-12(17-11)5-6-14(2)7-13(8-15)9-16-10-13/h3-4,15H,5-10H2,1-2H3. The average Bonchev–Trinajstić information content (AvgIpc) is 2.67. The van der Waals surface area contributed by atoms with Crippen molar-refractivity contribution >= 4 is 0 Å². The van der Waals surface area contributed by atoms with Gasteiger partial charge in [-0.3, -0.25) is 0 Å². The average molecular weight is 239 g/mol. The second-order valence-corrected chi connectivity index (χ2v) is 5.15. The van der Waals surface area contributed by atoms with E-state index in [0.717, 1.165) is 31.0 Å². The van der Waals surface area contributed by atoms with Crippen molar-refractivity contribution in [2.24, 2.45) is 5.41 Å². The fourth-order valence-corrected chi connectivity index (χ4v) is 2.20. The van der Waals surface area contributed by atoms with Crippen LogP contribution in [0.5, 0.6) is 0 Å². The van der Waals surface area contributed by atoms with Crippen LogP contribution in [0.4, 0.5) is 0 Å². The zero-order chi connectivity index (χ0) is 12.3. The summed E-state index contributed by atoms with van der Waals surface area (Å²) in [6.45, 7) is 5.33. The van der Waals surface area contributed by atoms with Gasteiger partial charge < -0.3 is 19.2 Å². The Labute approximate surface area is 102 Å². The highest BCUT2D eigenvalue weighted by Crippen LogP contribution is 2.27. The van der Waals surface area contributed by atoms with Crippen molar-refractivity contribution in [2.75, 3.05) is 40.0 Å². The number of nitrogens with zero attached hydrogens (tertiary/aromatic N) is 1. The maximum absolute atomic E-state index is 9.35. The van der Waals surface area contributed by atoms with Crippen LogP contribution < -0.4 is 0 Å². The molecule has 0 radical (unpaired) electrons. The van der Waals surface area contributed by atoms with Gasteiger partial charge in [0.1, 0.15) is 11.5 Å². The highest BCUT2D eigenvalue weighted by molar-refractivity contribution is 5.05. The first-order valence-electron chi connectivity index (χ1n) is 6.06. The number of rotatable bonds is 6. The summed E-state index contributed by atoms with van der Waals surface area (Å²) in [7, 11) is 2.07. The number of hydrogen-bond acceptors (Lipinski definition) is 4. The molecule has 1 aromatic rings. The Balaban J connectivity index is 1.75. The Hall–Kier alpha value is -0.840. The zero-order valence-corrected chi connectivity index (χ0v) is 10.6.